The van der Waals surface area contributed by atoms with Gasteiger partial charge in [0.2, 0.25) is 11.8 Å². The predicted octanol–water partition coefficient (Wildman–Crippen LogP) is 4.81. The molecular weight excluding hydrogens is 794 g/mol. The fourth-order valence-corrected chi connectivity index (χ4v) is 7.01. The minimum atomic E-state index is -1.11. The van der Waals surface area contributed by atoms with Gasteiger partial charge in [0.15, 0.2) is 0 Å². The highest BCUT2D eigenvalue weighted by Crippen LogP contribution is 2.42. The number of aliphatic hydroxyl groups is 2. The van der Waals surface area contributed by atoms with Gasteiger partial charge in [-0.1, -0.05) is 48.0 Å². The Morgan fingerprint density at radius 3 is 2.33 bits per heavy atom. The first-order valence-corrected chi connectivity index (χ1v) is 19.4. The molecule has 7 N–H and O–H groups in total. The van der Waals surface area contributed by atoms with Crippen LogP contribution < -0.4 is 25.4 Å². The largest absolute Gasteiger partial charge is 0.481 e. The molecule has 310 valence electrons. The second-order valence-electron chi connectivity index (χ2n) is 14.1. The number of nitrogens with zero attached hydrogens (tertiary/aromatic N) is 4. The third kappa shape index (κ3) is 11.6. The zero-order valence-corrected chi connectivity index (χ0v) is 32.9. The van der Waals surface area contributed by atoms with Crippen molar-refractivity contribution in [3.05, 3.63) is 129 Å². The fraction of sp³-hybridized carbons (Fsp3) is 0.279. The Kier molecular flexibility index (Phi) is 14.7. The second kappa shape index (κ2) is 20.5. The molecule has 2 unspecified atom stereocenters. The lowest BCUT2D eigenvalue weighted by Crippen LogP contribution is -2.28. The van der Waals surface area contributed by atoms with Gasteiger partial charge in [-0.15, -0.1) is 0 Å². The summed E-state index contributed by atoms with van der Waals surface area (Å²) in [6, 6.07) is 21.7. The van der Waals surface area contributed by atoms with E-state index in [1.54, 1.807) is 54.9 Å². The number of anilines is 1. The van der Waals surface area contributed by atoms with Crippen molar-refractivity contribution < 1.29 is 44.3 Å². The molecule has 2 aromatic carbocycles. The summed E-state index contributed by atoms with van der Waals surface area (Å²) in [4.78, 5) is 48.3. The molecule has 1 amide bonds. The number of carboxylic acids is 2. The number of halogens is 1. The van der Waals surface area contributed by atoms with E-state index >= 15 is 0 Å². The number of aromatic nitrogens is 3. The summed E-state index contributed by atoms with van der Waals surface area (Å²) in [5, 5.41) is 55.9. The molecule has 3 atom stereocenters. The predicted molar refractivity (Wildman–Crippen MR) is 218 cm³/mol. The van der Waals surface area contributed by atoms with Crippen molar-refractivity contribution in [3.8, 4) is 29.0 Å². The molecule has 6 rings (SSSR count). The first-order valence-electron chi connectivity index (χ1n) is 19.0. The zero-order valence-electron chi connectivity index (χ0n) is 32.2. The molecule has 0 radical (unpaired) electrons. The van der Waals surface area contributed by atoms with E-state index in [-0.39, 0.29) is 55.2 Å². The summed E-state index contributed by atoms with van der Waals surface area (Å²) in [6.45, 7) is 0.766. The molecule has 0 bridgehead atoms. The summed E-state index contributed by atoms with van der Waals surface area (Å²) in [5.74, 6) is -1.78. The minimum absolute atomic E-state index is 0.0362. The molecule has 16 nitrogen and oxygen atoms in total. The van der Waals surface area contributed by atoms with Crippen molar-refractivity contribution in [2.75, 3.05) is 18.4 Å². The zero-order chi connectivity index (χ0) is 42.6. The van der Waals surface area contributed by atoms with Gasteiger partial charge in [0.05, 0.1) is 41.2 Å². The molecule has 0 fully saturated rings. The number of benzene rings is 2. The van der Waals surface area contributed by atoms with Gasteiger partial charge in [-0.3, -0.25) is 19.4 Å². The monoisotopic (exact) mass is 835 g/mol. The SMILES string of the molecule is N#Cc1cncc(COc2nc(O[C@H]3CCc4c(-c5cccc(C(=O)Nc6ccc(CNCC(O)CC(=O)O)cn6)c5Cl)cccc43)ccc2CNCC(O)CC(=O)O)c1. The number of carboxylic acid groups (broad SMARTS) is 2. The van der Waals surface area contributed by atoms with Crippen LogP contribution in [0.5, 0.6) is 11.8 Å². The van der Waals surface area contributed by atoms with Crippen molar-refractivity contribution in [2.24, 2.45) is 0 Å². The number of aliphatic hydroxyl groups excluding tert-OH is 2. The molecule has 0 saturated carbocycles. The van der Waals surface area contributed by atoms with Crippen LogP contribution in [0.25, 0.3) is 11.1 Å². The number of hydrogen-bond donors (Lipinski definition) is 7. The molecule has 3 aromatic heterocycles. The molecule has 0 spiro atoms. The van der Waals surface area contributed by atoms with Crippen molar-refractivity contribution in [3.63, 3.8) is 0 Å². The van der Waals surface area contributed by atoms with E-state index < -0.39 is 36.5 Å². The van der Waals surface area contributed by atoms with Crippen LogP contribution in [0.3, 0.4) is 0 Å². The molecule has 3 heterocycles. The quantitative estimate of drug-likeness (QED) is 0.0556. The number of amides is 1. The van der Waals surface area contributed by atoms with E-state index in [1.807, 2.05) is 24.3 Å². The van der Waals surface area contributed by atoms with Crippen molar-refractivity contribution in [1.82, 2.24) is 25.6 Å². The molecule has 1 aliphatic rings. The van der Waals surface area contributed by atoms with E-state index in [2.05, 4.69) is 37.0 Å². The number of ether oxygens (including phenoxy) is 2. The van der Waals surface area contributed by atoms with Gasteiger partial charge in [0.25, 0.3) is 5.91 Å². The first-order chi connectivity index (χ1) is 29.0. The molecule has 17 heteroatoms. The average molecular weight is 836 g/mol. The topological polar surface area (TPSA) is 249 Å². The van der Waals surface area contributed by atoms with E-state index in [0.717, 1.165) is 22.3 Å². The Morgan fingerprint density at radius 1 is 0.883 bits per heavy atom. The maximum absolute atomic E-state index is 13.4. The fourth-order valence-electron chi connectivity index (χ4n) is 6.70. The number of fused-ring (bicyclic) bond motifs is 1. The van der Waals surface area contributed by atoms with Crippen LogP contribution in [0.1, 0.15) is 69.1 Å². The van der Waals surface area contributed by atoms with Gasteiger partial charge >= 0.3 is 11.9 Å². The standard InChI is InChI=1S/C43H42ClN7O9/c44-41-34(5-2-6-35(41)42(58)50-37-11-7-25(20-49-37)17-47-22-29(52)14-39(54)55)31-3-1-4-33-32(31)9-10-36(33)60-38-12-8-28(21-48-23-30(53)15-40(56)57)43(51-38)59-24-27-13-26(16-45)18-46-19-27/h1-8,11-13,18-20,29-30,36,47-48,52-53H,9-10,14-15,17,21-24H2,(H,54,55)(H,56,57)(H,49,50,58)/t29?,30?,36-/m0/s1. The van der Waals surface area contributed by atoms with Crippen molar-refractivity contribution >= 4 is 35.3 Å². The minimum Gasteiger partial charge on any atom is -0.481 e. The third-order valence-electron chi connectivity index (χ3n) is 9.52. The van der Waals surface area contributed by atoms with Crippen LogP contribution in [0.15, 0.2) is 85.3 Å². The maximum atomic E-state index is 13.4. The molecule has 60 heavy (non-hydrogen) atoms. The highest BCUT2D eigenvalue weighted by atomic mass is 35.5. The van der Waals surface area contributed by atoms with Gasteiger partial charge in [0, 0.05) is 67.5 Å². The summed E-state index contributed by atoms with van der Waals surface area (Å²) in [6.07, 6.45) is 2.69. The summed E-state index contributed by atoms with van der Waals surface area (Å²) in [7, 11) is 0. The van der Waals surface area contributed by atoms with Crippen molar-refractivity contribution in [2.45, 2.75) is 63.7 Å². The Hall–Kier alpha value is -6.48. The van der Waals surface area contributed by atoms with Crippen LogP contribution >= 0.6 is 11.6 Å². The number of pyridine rings is 3. The Morgan fingerprint density at radius 2 is 1.62 bits per heavy atom. The van der Waals surface area contributed by atoms with E-state index in [0.29, 0.717) is 53.3 Å². The Labute approximate surface area is 349 Å². The molecular formula is C43H42ClN7O9. The maximum Gasteiger partial charge on any atom is 0.306 e. The number of rotatable bonds is 20. The van der Waals surface area contributed by atoms with Gasteiger partial charge in [0.1, 0.15) is 24.6 Å². The average Bonchev–Trinajstić information content (AvgIpc) is 3.63. The number of hydrogen-bond acceptors (Lipinski definition) is 13. The number of carbonyl (C=O) groups excluding carboxylic acids is 1. The first kappa shape index (κ1) is 43.1. The Balaban J connectivity index is 1.14. The summed E-state index contributed by atoms with van der Waals surface area (Å²) < 4.78 is 12.6. The van der Waals surface area contributed by atoms with E-state index in [1.165, 1.54) is 6.20 Å². The molecule has 5 aromatic rings. The smallest absolute Gasteiger partial charge is 0.306 e. The summed E-state index contributed by atoms with van der Waals surface area (Å²) >= 11 is 6.94. The normalized spacial score (nSPS) is 14.1. The van der Waals surface area contributed by atoms with Crippen molar-refractivity contribution in [1.29, 1.82) is 5.26 Å². The number of nitrogens with one attached hydrogen (secondary N) is 3. The molecule has 1 aliphatic carbocycles. The summed E-state index contributed by atoms with van der Waals surface area (Å²) in [5.41, 5.74) is 6.20. The van der Waals surface area contributed by atoms with Crippen LogP contribution in [-0.2, 0) is 35.7 Å². The lowest BCUT2D eigenvalue weighted by molar-refractivity contribution is -0.140. The lowest BCUT2D eigenvalue weighted by Gasteiger charge is -2.18. The van der Waals surface area contributed by atoms with Crippen LogP contribution in [0.2, 0.25) is 5.02 Å². The second-order valence-corrected chi connectivity index (χ2v) is 14.4. The number of aliphatic carboxylic acids is 2. The van der Waals surface area contributed by atoms with Crippen LogP contribution in [0.4, 0.5) is 5.82 Å². The highest BCUT2D eigenvalue weighted by molar-refractivity contribution is 6.37. The molecule has 0 aliphatic heterocycles. The van der Waals surface area contributed by atoms with E-state index in [4.69, 9.17) is 31.3 Å². The lowest BCUT2D eigenvalue weighted by atomic mass is 9.95. The van der Waals surface area contributed by atoms with Gasteiger partial charge < -0.3 is 45.9 Å². The molecule has 0 saturated heterocycles. The van der Waals surface area contributed by atoms with Crippen LogP contribution in [0, 0.1) is 11.3 Å². The van der Waals surface area contributed by atoms with Gasteiger partial charge in [-0.25, -0.2) is 4.98 Å². The van der Waals surface area contributed by atoms with Gasteiger partial charge in [-0.05, 0) is 59.4 Å². The van der Waals surface area contributed by atoms with E-state index in [9.17, 15) is 29.9 Å². The Bertz CT molecular complexity index is 2370. The third-order valence-corrected chi connectivity index (χ3v) is 9.92. The number of nitriles is 1. The number of carbonyl (C=O) groups is 3. The highest BCUT2D eigenvalue weighted by Gasteiger charge is 2.28. The van der Waals surface area contributed by atoms with Crippen LogP contribution in [-0.4, -0.2) is 78.5 Å². The van der Waals surface area contributed by atoms with Gasteiger partial charge in [-0.2, -0.15) is 10.2 Å².